The Morgan fingerprint density at radius 1 is 1.00 bits per heavy atom. The first-order valence-corrected chi connectivity index (χ1v) is 8.31. The molecule has 2 aromatic rings. The van der Waals surface area contributed by atoms with E-state index in [2.05, 4.69) is 10.1 Å². The molecule has 0 N–H and O–H groups in total. The molecule has 28 heavy (non-hydrogen) atoms. The molecule has 0 saturated carbocycles. The Morgan fingerprint density at radius 2 is 1.68 bits per heavy atom. The van der Waals surface area contributed by atoms with Crippen LogP contribution in [0.3, 0.4) is 0 Å². The average Bonchev–Trinajstić information content (AvgIpc) is 3.07. The summed E-state index contributed by atoms with van der Waals surface area (Å²) in [4.78, 5) is 38.6. The summed E-state index contributed by atoms with van der Waals surface area (Å²) >= 11 is 0. The van der Waals surface area contributed by atoms with Gasteiger partial charge in [0.25, 0.3) is 0 Å². The molecule has 0 saturated heterocycles. The number of hydrogen-bond donors (Lipinski definition) is 0. The third-order valence-corrected chi connectivity index (χ3v) is 3.66. The highest BCUT2D eigenvalue weighted by Gasteiger charge is 2.34. The summed E-state index contributed by atoms with van der Waals surface area (Å²) in [6.45, 7) is 3.86. The van der Waals surface area contributed by atoms with Gasteiger partial charge in [0.15, 0.2) is 0 Å². The lowest BCUT2D eigenvalue weighted by atomic mass is 10.2. The van der Waals surface area contributed by atoms with Gasteiger partial charge in [0, 0.05) is 44.8 Å². The Morgan fingerprint density at radius 3 is 2.29 bits per heavy atom. The average molecular weight is 383 g/mol. The van der Waals surface area contributed by atoms with Crippen molar-refractivity contribution in [2.75, 3.05) is 0 Å². The van der Waals surface area contributed by atoms with Crippen molar-refractivity contribution in [3.63, 3.8) is 0 Å². The van der Waals surface area contributed by atoms with E-state index < -0.39 is 18.2 Å². The number of hydrogen-bond acceptors (Lipinski definition) is 8. The molecule has 1 aromatic heterocycles. The van der Waals surface area contributed by atoms with Gasteiger partial charge in [-0.2, -0.15) is 5.01 Å². The Labute approximate surface area is 160 Å². The molecule has 3 rings (SSSR count). The molecule has 2 heterocycles. The minimum absolute atomic E-state index is 0.0858. The first kappa shape index (κ1) is 19.0. The molecule has 1 aliphatic rings. The summed E-state index contributed by atoms with van der Waals surface area (Å²) in [5, 5.41) is 5.42. The summed E-state index contributed by atoms with van der Waals surface area (Å²) < 4.78 is 16.1. The smallest absolute Gasteiger partial charge is 0.308 e. The maximum atomic E-state index is 12.0. The van der Waals surface area contributed by atoms with Crippen LogP contribution in [0.4, 0.5) is 0 Å². The van der Waals surface area contributed by atoms with Crippen LogP contribution in [0.2, 0.25) is 0 Å². The monoisotopic (exact) mass is 383 g/mol. The third kappa shape index (κ3) is 4.14. The fourth-order valence-corrected chi connectivity index (χ4v) is 2.57. The number of ether oxygens (including phenoxy) is 3. The fourth-order valence-electron chi connectivity index (χ4n) is 2.57. The van der Waals surface area contributed by atoms with E-state index in [1.807, 2.05) is 0 Å². The number of nitrogens with zero attached hydrogens (tertiary/aromatic N) is 3. The van der Waals surface area contributed by atoms with Gasteiger partial charge in [0.05, 0.1) is 5.56 Å². The summed E-state index contributed by atoms with van der Waals surface area (Å²) in [7, 11) is 0. The number of pyridine rings is 1. The largest absolute Gasteiger partial charge is 0.446 e. The van der Waals surface area contributed by atoms with E-state index in [0.29, 0.717) is 11.1 Å². The standard InChI is InChI=1S/C19H17N3O6/c1-11(23)22-19(14-6-8-20-9-7-14)28-18(21-22)16-5-4-15(26-12(2)24)10-17(16)27-13(3)25/h4-10,19H,1-3H3/t19-/m0/s1. The van der Waals surface area contributed by atoms with Crippen molar-refractivity contribution in [1.29, 1.82) is 0 Å². The fraction of sp³-hybridized carbons (Fsp3) is 0.211. The number of amides is 1. The predicted molar refractivity (Wildman–Crippen MR) is 96.2 cm³/mol. The minimum Gasteiger partial charge on any atom is -0.446 e. The summed E-state index contributed by atoms with van der Waals surface area (Å²) in [5.41, 5.74) is 1.00. The molecule has 1 aliphatic heterocycles. The minimum atomic E-state index is -0.783. The zero-order valence-corrected chi connectivity index (χ0v) is 15.4. The highest BCUT2D eigenvalue weighted by Crippen LogP contribution is 2.34. The van der Waals surface area contributed by atoms with Gasteiger partial charge in [-0.15, -0.1) is 5.10 Å². The van der Waals surface area contributed by atoms with Gasteiger partial charge in [-0.3, -0.25) is 19.4 Å². The highest BCUT2D eigenvalue weighted by atomic mass is 16.6. The Hall–Kier alpha value is -3.75. The van der Waals surface area contributed by atoms with Crippen molar-refractivity contribution in [2.45, 2.75) is 27.0 Å². The number of hydrazone groups is 1. The Bertz CT molecular complexity index is 957. The second-order valence-electron chi connectivity index (χ2n) is 5.86. The van der Waals surface area contributed by atoms with Crippen molar-refractivity contribution >= 4 is 23.7 Å². The highest BCUT2D eigenvalue weighted by molar-refractivity contribution is 5.99. The quantitative estimate of drug-likeness (QED) is 0.588. The number of rotatable bonds is 4. The molecule has 1 atom stereocenters. The summed E-state index contributed by atoms with van der Waals surface area (Å²) in [6, 6.07) is 7.82. The Kier molecular flexibility index (Phi) is 5.35. The van der Waals surface area contributed by atoms with E-state index in [4.69, 9.17) is 14.2 Å². The van der Waals surface area contributed by atoms with E-state index in [0.717, 1.165) is 0 Å². The molecule has 9 nitrogen and oxygen atoms in total. The molecule has 1 amide bonds. The topological polar surface area (TPSA) is 107 Å². The number of carbonyl (C=O) groups is 3. The van der Waals surface area contributed by atoms with Crippen LogP contribution in [0.25, 0.3) is 0 Å². The zero-order valence-electron chi connectivity index (χ0n) is 15.4. The van der Waals surface area contributed by atoms with Crippen molar-refractivity contribution in [2.24, 2.45) is 5.10 Å². The second-order valence-corrected chi connectivity index (χ2v) is 5.86. The van der Waals surface area contributed by atoms with Gasteiger partial charge in [-0.05, 0) is 24.3 Å². The number of esters is 2. The van der Waals surface area contributed by atoms with Crippen LogP contribution in [0.15, 0.2) is 47.8 Å². The maximum Gasteiger partial charge on any atom is 0.308 e. The van der Waals surface area contributed by atoms with Crippen LogP contribution >= 0.6 is 0 Å². The SMILES string of the molecule is CC(=O)Oc1ccc(C2=NN(C(C)=O)[C@H](c3ccncc3)O2)c(OC(C)=O)c1. The maximum absolute atomic E-state index is 12.0. The van der Waals surface area contributed by atoms with E-state index in [9.17, 15) is 14.4 Å². The molecule has 0 fully saturated rings. The van der Waals surface area contributed by atoms with Gasteiger partial charge >= 0.3 is 11.9 Å². The van der Waals surface area contributed by atoms with E-state index in [1.54, 1.807) is 24.5 Å². The normalized spacial score (nSPS) is 15.5. The zero-order chi connectivity index (χ0) is 20.3. The molecule has 9 heteroatoms. The van der Waals surface area contributed by atoms with Gasteiger partial charge < -0.3 is 14.2 Å². The molecular formula is C19H17N3O6. The molecular weight excluding hydrogens is 366 g/mol. The Balaban J connectivity index is 1.99. The van der Waals surface area contributed by atoms with Gasteiger partial charge in [0.1, 0.15) is 11.5 Å². The molecule has 0 aliphatic carbocycles. The summed E-state index contributed by atoms with van der Waals surface area (Å²) in [6.07, 6.45) is 2.37. The van der Waals surface area contributed by atoms with E-state index in [1.165, 1.54) is 44.0 Å². The second kappa shape index (κ2) is 7.87. The van der Waals surface area contributed by atoms with Crippen LogP contribution in [0.1, 0.15) is 38.1 Å². The molecule has 0 unspecified atom stereocenters. The van der Waals surface area contributed by atoms with Gasteiger partial charge in [-0.25, -0.2) is 0 Å². The summed E-state index contributed by atoms with van der Waals surface area (Å²) in [5.74, 6) is -1.06. The van der Waals surface area contributed by atoms with Crippen LogP contribution in [0.5, 0.6) is 11.5 Å². The van der Waals surface area contributed by atoms with Crippen molar-refractivity contribution in [3.05, 3.63) is 53.9 Å². The van der Waals surface area contributed by atoms with Crippen molar-refractivity contribution in [3.8, 4) is 11.5 Å². The number of carbonyl (C=O) groups excluding carboxylic acids is 3. The van der Waals surface area contributed by atoms with E-state index in [-0.39, 0.29) is 23.3 Å². The molecule has 1 aromatic carbocycles. The third-order valence-electron chi connectivity index (χ3n) is 3.66. The lowest BCUT2D eigenvalue weighted by Crippen LogP contribution is -2.25. The first-order chi connectivity index (χ1) is 13.3. The first-order valence-electron chi connectivity index (χ1n) is 8.31. The molecule has 0 spiro atoms. The lowest BCUT2D eigenvalue weighted by molar-refractivity contribution is -0.135. The van der Waals surface area contributed by atoms with Crippen molar-refractivity contribution in [1.82, 2.24) is 9.99 Å². The van der Waals surface area contributed by atoms with Gasteiger partial charge in [0.2, 0.25) is 18.0 Å². The number of aromatic nitrogens is 1. The molecule has 144 valence electrons. The lowest BCUT2D eigenvalue weighted by Gasteiger charge is -2.19. The molecule has 0 radical (unpaired) electrons. The van der Waals surface area contributed by atoms with E-state index >= 15 is 0 Å². The van der Waals surface area contributed by atoms with Crippen LogP contribution in [-0.4, -0.2) is 33.7 Å². The van der Waals surface area contributed by atoms with Crippen LogP contribution in [0, 0.1) is 0 Å². The van der Waals surface area contributed by atoms with Crippen molar-refractivity contribution < 1.29 is 28.6 Å². The van der Waals surface area contributed by atoms with Gasteiger partial charge in [-0.1, -0.05) is 0 Å². The molecule has 0 bridgehead atoms. The predicted octanol–water partition coefficient (Wildman–Crippen LogP) is 2.17. The number of benzene rings is 1. The van der Waals surface area contributed by atoms with Crippen LogP contribution in [-0.2, 0) is 19.1 Å². The van der Waals surface area contributed by atoms with Crippen LogP contribution < -0.4 is 9.47 Å².